The molecule has 0 unspecified atom stereocenters. The minimum absolute atomic E-state index is 0.139. The average molecular weight is 323 g/mol. The molecule has 0 bridgehead atoms. The van der Waals surface area contributed by atoms with Gasteiger partial charge >= 0.3 is 0 Å². The van der Waals surface area contributed by atoms with Crippen molar-refractivity contribution in [1.82, 2.24) is 14.7 Å². The van der Waals surface area contributed by atoms with E-state index in [1.807, 2.05) is 24.3 Å². The number of benzene rings is 1. The van der Waals surface area contributed by atoms with Crippen LogP contribution in [0.5, 0.6) is 0 Å². The maximum absolute atomic E-state index is 12.3. The van der Waals surface area contributed by atoms with Crippen molar-refractivity contribution in [2.75, 3.05) is 12.8 Å². The van der Waals surface area contributed by atoms with Gasteiger partial charge in [0.15, 0.2) is 0 Å². The number of carbonyl (C=O) groups excluding carboxylic acids is 1. The van der Waals surface area contributed by atoms with E-state index in [4.69, 9.17) is 5.73 Å². The number of halogens is 1. The number of carbonyl (C=O) groups is 1. The van der Waals surface area contributed by atoms with Crippen LogP contribution in [0.2, 0.25) is 0 Å². The number of hydrogen-bond acceptors (Lipinski definition) is 3. The Morgan fingerprint density at radius 3 is 2.58 bits per heavy atom. The van der Waals surface area contributed by atoms with E-state index in [1.54, 1.807) is 19.0 Å². The van der Waals surface area contributed by atoms with Gasteiger partial charge in [0.25, 0.3) is 5.91 Å². The molecule has 2 aromatic rings. The molecular weight excluding hydrogens is 308 g/mol. The predicted molar refractivity (Wildman–Crippen MR) is 77.6 cm³/mol. The highest BCUT2D eigenvalue weighted by Gasteiger charge is 2.19. The monoisotopic (exact) mass is 322 g/mol. The second-order valence-electron chi connectivity index (χ2n) is 4.36. The summed E-state index contributed by atoms with van der Waals surface area (Å²) in [5, 5.41) is 3.98. The van der Waals surface area contributed by atoms with E-state index in [0.717, 1.165) is 10.0 Å². The Morgan fingerprint density at radius 2 is 2.05 bits per heavy atom. The van der Waals surface area contributed by atoms with Crippen LogP contribution in [-0.4, -0.2) is 27.6 Å². The molecule has 0 atom stereocenters. The lowest BCUT2D eigenvalue weighted by Crippen LogP contribution is -2.28. The van der Waals surface area contributed by atoms with Gasteiger partial charge in [-0.3, -0.25) is 9.48 Å². The van der Waals surface area contributed by atoms with E-state index in [1.165, 1.54) is 10.9 Å². The van der Waals surface area contributed by atoms with Crippen molar-refractivity contribution >= 4 is 27.5 Å². The third-order valence-corrected chi connectivity index (χ3v) is 3.38. The highest BCUT2D eigenvalue weighted by Crippen LogP contribution is 2.15. The van der Waals surface area contributed by atoms with Crippen LogP contribution in [0.4, 0.5) is 5.69 Å². The first kappa shape index (κ1) is 13.6. The van der Waals surface area contributed by atoms with Crippen molar-refractivity contribution < 1.29 is 4.79 Å². The molecule has 1 amide bonds. The normalized spacial score (nSPS) is 10.5. The molecule has 0 aliphatic rings. The molecule has 0 fully saturated rings. The highest BCUT2D eigenvalue weighted by molar-refractivity contribution is 9.10. The number of hydrogen-bond donors (Lipinski definition) is 1. The van der Waals surface area contributed by atoms with Gasteiger partial charge in [0.2, 0.25) is 0 Å². The van der Waals surface area contributed by atoms with Crippen molar-refractivity contribution in [2.45, 2.75) is 6.54 Å². The molecule has 0 spiro atoms. The number of nitrogen functional groups attached to an aromatic ring is 1. The third-order valence-electron chi connectivity index (χ3n) is 2.85. The van der Waals surface area contributed by atoms with Crippen LogP contribution in [0.1, 0.15) is 16.1 Å². The Hall–Kier alpha value is -1.82. The molecule has 0 radical (unpaired) electrons. The van der Waals surface area contributed by atoms with Crippen LogP contribution in [-0.2, 0) is 13.6 Å². The topological polar surface area (TPSA) is 64.2 Å². The number of rotatable bonds is 3. The molecule has 0 saturated heterocycles. The summed E-state index contributed by atoms with van der Waals surface area (Å²) in [6.07, 6.45) is 1.49. The van der Waals surface area contributed by atoms with Crippen molar-refractivity contribution in [2.24, 2.45) is 7.05 Å². The lowest BCUT2D eigenvalue weighted by Gasteiger charge is -2.17. The Morgan fingerprint density at radius 1 is 1.42 bits per heavy atom. The van der Waals surface area contributed by atoms with Crippen molar-refractivity contribution in [3.05, 3.63) is 46.2 Å². The fourth-order valence-corrected chi connectivity index (χ4v) is 2.10. The van der Waals surface area contributed by atoms with Crippen LogP contribution in [0, 0.1) is 0 Å². The maximum atomic E-state index is 12.3. The quantitative estimate of drug-likeness (QED) is 0.940. The summed E-state index contributed by atoms with van der Waals surface area (Å²) in [4.78, 5) is 13.9. The zero-order valence-corrected chi connectivity index (χ0v) is 12.4. The zero-order valence-electron chi connectivity index (χ0n) is 10.8. The maximum Gasteiger partial charge on any atom is 0.274 e. The van der Waals surface area contributed by atoms with Crippen LogP contribution < -0.4 is 5.73 Å². The highest BCUT2D eigenvalue weighted by atomic mass is 79.9. The molecule has 1 heterocycles. The van der Waals surface area contributed by atoms with Crippen LogP contribution in [0.25, 0.3) is 0 Å². The molecule has 1 aromatic heterocycles. The molecular formula is C13H15BrN4O. The van der Waals surface area contributed by atoms with E-state index in [0.29, 0.717) is 17.9 Å². The second kappa shape index (κ2) is 5.44. The molecule has 1 aromatic carbocycles. The summed E-state index contributed by atoms with van der Waals surface area (Å²) < 4.78 is 2.51. The number of nitrogens with two attached hydrogens (primary N) is 1. The largest absolute Gasteiger partial charge is 0.396 e. The van der Waals surface area contributed by atoms with Gasteiger partial charge in [-0.25, -0.2) is 0 Å². The Bertz CT molecular complexity index is 572. The van der Waals surface area contributed by atoms with Gasteiger partial charge in [0.1, 0.15) is 5.69 Å². The van der Waals surface area contributed by atoms with Crippen molar-refractivity contribution in [1.29, 1.82) is 0 Å². The number of nitrogens with zero attached hydrogens (tertiary/aromatic N) is 3. The Balaban J connectivity index is 2.14. The smallest absolute Gasteiger partial charge is 0.274 e. The summed E-state index contributed by atoms with van der Waals surface area (Å²) in [7, 11) is 3.45. The third kappa shape index (κ3) is 2.96. The minimum Gasteiger partial charge on any atom is -0.396 e. The molecule has 6 heteroatoms. The number of aromatic nitrogens is 2. The summed E-state index contributed by atoms with van der Waals surface area (Å²) >= 11 is 3.38. The van der Waals surface area contributed by atoms with Gasteiger partial charge < -0.3 is 10.6 Å². The van der Waals surface area contributed by atoms with E-state index in [2.05, 4.69) is 21.0 Å². The second-order valence-corrected chi connectivity index (χ2v) is 5.28. The molecule has 19 heavy (non-hydrogen) atoms. The molecule has 100 valence electrons. The fourth-order valence-electron chi connectivity index (χ4n) is 1.83. The standard InChI is InChI=1S/C13H15BrN4O/c1-17(8-9-3-5-10(14)6-4-9)13(19)12-11(15)7-16-18(12)2/h3-7H,8,15H2,1-2H3. The Labute approximate surface area is 120 Å². The predicted octanol–water partition coefficient (Wildman–Crippen LogP) is 2.04. The first-order chi connectivity index (χ1) is 8.99. The fraction of sp³-hybridized carbons (Fsp3) is 0.231. The van der Waals surface area contributed by atoms with Crippen LogP contribution in [0.3, 0.4) is 0 Å². The number of anilines is 1. The minimum atomic E-state index is -0.139. The molecule has 0 saturated carbocycles. The first-order valence-electron chi connectivity index (χ1n) is 5.76. The summed E-state index contributed by atoms with van der Waals surface area (Å²) in [6.45, 7) is 0.525. The lowest BCUT2D eigenvalue weighted by molar-refractivity contribution is 0.0775. The average Bonchev–Trinajstić information content (AvgIpc) is 2.71. The number of aryl methyl sites for hydroxylation is 1. The molecule has 2 rings (SSSR count). The SMILES string of the molecule is CN(Cc1ccc(Br)cc1)C(=O)c1c(N)cnn1C. The molecule has 2 N–H and O–H groups in total. The van der Waals surface area contributed by atoms with Crippen molar-refractivity contribution in [3.8, 4) is 0 Å². The van der Waals surface area contributed by atoms with Crippen LogP contribution in [0.15, 0.2) is 34.9 Å². The van der Waals surface area contributed by atoms with E-state index >= 15 is 0 Å². The van der Waals surface area contributed by atoms with E-state index < -0.39 is 0 Å². The van der Waals surface area contributed by atoms with Gasteiger partial charge in [-0.15, -0.1) is 0 Å². The van der Waals surface area contributed by atoms with E-state index in [-0.39, 0.29) is 5.91 Å². The van der Waals surface area contributed by atoms with Gasteiger partial charge in [-0.05, 0) is 17.7 Å². The van der Waals surface area contributed by atoms with Gasteiger partial charge in [-0.2, -0.15) is 5.10 Å². The van der Waals surface area contributed by atoms with Gasteiger partial charge in [-0.1, -0.05) is 28.1 Å². The summed E-state index contributed by atoms with van der Waals surface area (Å²) in [6, 6.07) is 7.85. The van der Waals surface area contributed by atoms with Gasteiger partial charge in [0.05, 0.1) is 11.9 Å². The molecule has 5 nitrogen and oxygen atoms in total. The van der Waals surface area contributed by atoms with Crippen LogP contribution >= 0.6 is 15.9 Å². The van der Waals surface area contributed by atoms with Gasteiger partial charge in [0, 0.05) is 25.1 Å². The first-order valence-corrected chi connectivity index (χ1v) is 6.55. The Kier molecular flexibility index (Phi) is 3.90. The summed E-state index contributed by atoms with van der Waals surface area (Å²) in [5.41, 5.74) is 7.63. The summed E-state index contributed by atoms with van der Waals surface area (Å²) in [5.74, 6) is -0.139. The number of amides is 1. The zero-order chi connectivity index (χ0) is 14.0. The van der Waals surface area contributed by atoms with E-state index in [9.17, 15) is 4.79 Å². The van der Waals surface area contributed by atoms with Crippen molar-refractivity contribution in [3.63, 3.8) is 0 Å². The lowest BCUT2D eigenvalue weighted by atomic mass is 10.2. The molecule has 0 aliphatic carbocycles. The molecule has 0 aliphatic heterocycles.